The lowest BCUT2D eigenvalue weighted by molar-refractivity contribution is -0.191. The highest BCUT2D eigenvalue weighted by molar-refractivity contribution is 5.20. The summed E-state index contributed by atoms with van der Waals surface area (Å²) in [5.41, 5.74) is 4.93. The maximum Gasteiger partial charge on any atom is 0.373 e. The third-order valence-corrected chi connectivity index (χ3v) is 0.873. The smallest absolute Gasteiger partial charge is 0.373 e. The molecule has 0 spiro atoms. The van der Waals surface area contributed by atoms with Crippen LogP contribution in [0.4, 0.5) is 0 Å². The van der Waals surface area contributed by atoms with Crippen LogP contribution in [0.3, 0.4) is 0 Å². The van der Waals surface area contributed by atoms with E-state index >= 15 is 0 Å². The maximum absolute atomic E-state index is 8.59. The normalized spacial score (nSPS) is 13.8. The van der Waals surface area contributed by atoms with E-state index in [1.165, 1.54) is 0 Å². The third kappa shape index (κ3) is 9.22. The van der Waals surface area contributed by atoms with Crippen molar-refractivity contribution in [3.8, 4) is 0 Å². The fourth-order valence-corrected chi connectivity index (χ4v) is 0.279. The van der Waals surface area contributed by atoms with E-state index in [1.54, 1.807) is 0 Å². The van der Waals surface area contributed by atoms with Gasteiger partial charge >= 0.3 is 6.15 Å². The Bertz CT molecular complexity index is 103. The zero-order valence-electron chi connectivity index (χ0n) is 5.80. The van der Waals surface area contributed by atoms with E-state index in [9.17, 15) is 0 Å². The van der Waals surface area contributed by atoms with Crippen molar-refractivity contribution in [1.82, 2.24) is 0 Å². The molecular weight excluding hydrogens is 154 g/mol. The van der Waals surface area contributed by atoms with Crippen LogP contribution >= 0.6 is 0 Å². The summed E-state index contributed by atoms with van der Waals surface area (Å²) < 4.78 is 0. The Morgan fingerprint density at radius 3 is 1.73 bits per heavy atom. The van der Waals surface area contributed by atoms with E-state index in [0.717, 1.165) is 0 Å². The van der Waals surface area contributed by atoms with Gasteiger partial charge in [0.05, 0.1) is 12.7 Å². The highest BCUT2D eigenvalue weighted by atomic mass is 16.4. The first-order valence-corrected chi connectivity index (χ1v) is 2.80. The lowest BCUT2D eigenvalue weighted by Crippen LogP contribution is -2.35. The van der Waals surface area contributed by atoms with Crippen molar-refractivity contribution in [3.63, 3.8) is 0 Å². The summed E-state index contributed by atoms with van der Waals surface area (Å²) in [5.74, 6) is 0. The van der Waals surface area contributed by atoms with E-state index in [1.807, 2.05) is 0 Å². The van der Waals surface area contributed by atoms with Crippen molar-refractivity contribution in [2.45, 2.75) is 12.2 Å². The molecule has 6 nitrogen and oxygen atoms in total. The predicted molar refractivity (Wildman–Crippen MR) is 33.2 cm³/mol. The molecule has 0 radical (unpaired) electrons. The molecule has 0 aromatic rings. The number of hydrogen-bond acceptors (Lipinski definition) is 6. The molecule has 0 aliphatic heterocycles. The van der Waals surface area contributed by atoms with Crippen LogP contribution in [0, 0.1) is 0 Å². The number of rotatable bonds is 3. The van der Waals surface area contributed by atoms with Gasteiger partial charge in [-0.15, -0.1) is 0 Å². The van der Waals surface area contributed by atoms with Gasteiger partial charge in [-0.05, 0) is 0 Å². The summed E-state index contributed by atoms with van der Waals surface area (Å²) in [6.45, 7) is -0.472. The van der Waals surface area contributed by atoms with Gasteiger partial charge in [0.2, 0.25) is 0 Å². The Morgan fingerprint density at radius 2 is 1.64 bits per heavy atom. The van der Waals surface area contributed by atoms with Gasteiger partial charge in [0.15, 0.2) is 0 Å². The first-order chi connectivity index (χ1) is 5.13. The molecule has 0 rings (SSSR count). The molecule has 0 saturated heterocycles. The first kappa shape index (κ1) is 12.9. The lowest BCUT2D eigenvalue weighted by Gasteiger charge is -2.11. The molecule has 5 N–H and O–H groups in total. The molecule has 66 valence electrons. The minimum atomic E-state index is -1.10. The molecule has 0 aliphatic carbocycles. The Kier molecular flexibility index (Phi) is 10.8. The van der Waals surface area contributed by atoms with Crippen LogP contribution in [0.25, 0.3) is 0 Å². The van der Waals surface area contributed by atoms with Crippen molar-refractivity contribution in [1.29, 1.82) is 0 Å². The zero-order valence-corrected chi connectivity index (χ0v) is 5.80. The molecule has 0 aromatic heterocycles. The molecule has 0 bridgehead atoms. The average Bonchev–Trinajstić information content (AvgIpc) is 2.03. The summed E-state index contributed by atoms with van der Waals surface area (Å²) in [5, 5.41) is 25.3. The van der Waals surface area contributed by atoms with Gasteiger partial charge < -0.3 is 21.1 Å². The molecular formula is C5H11NO5. The second-order valence-corrected chi connectivity index (χ2v) is 1.64. The zero-order chi connectivity index (χ0) is 9.28. The summed E-state index contributed by atoms with van der Waals surface area (Å²) in [6.07, 6.45) is -1.85. The molecule has 0 saturated carbocycles. The van der Waals surface area contributed by atoms with Gasteiger partial charge in [0.1, 0.15) is 6.10 Å². The van der Waals surface area contributed by atoms with E-state index in [4.69, 9.17) is 30.6 Å². The lowest BCUT2D eigenvalue weighted by atomic mass is 10.2. The summed E-state index contributed by atoms with van der Waals surface area (Å²) >= 11 is 0. The van der Waals surface area contributed by atoms with Gasteiger partial charge in [-0.2, -0.15) is 9.59 Å². The van der Waals surface area contributed by atoms with Crippen molar-refractivity contribution in [3.05, 3.63) is 0 Å². The van der Waals surface area contributed by atoms with Crippen molar-refractivity contribution < 1.29 is 24.9 Å². The van der Waals surface area contributed by atoms with Crippen LogP contribution in [0.5, 0.6) is 0 Å². The summed E-state index contributed by atoms with van der Waals surface area (Å²) in [4.78, 5) is 16.2. The Labute approximate surface area is 63.3 Å². The highest BCUT2D eigenvalue weighted by Gasteiger charge is 2.11. The largest absolute Gasteiger partial charge is 0.394 e. The van der Waals surface area contributed by atoms with Crippen molar-refractivity contribution in [2.24, 2.45) is 5.73 Å². The molecule has 11 heavy (non-hydrogen) atoms. The fraction of sp³-hybridized carbons (Fsp3) is 0.800. The van der Waals surface area contributed by atoms with Gasteiger partial charge in [0.25, 0.3) is 0 Å². The number of nitrogens with two attached hydrogens (primary N) is 1. The topological polar surface area (TPSA) is 121 Å². The monoisotopic (exact) mass is 165 g/mol. The number of hydrogen-bond donors (Lipinski definition) is 4. The first-order valence-electron chi connectivity index (χ1n) is 2.80. The number of aliphatic hydroxyl groups is 3. The molecule has 0 heterocycles. The van der Waals surface area contributed by atoms with Crippen LogP contribution in [-0.2, 0) is 9.59 Å². The van der Waals surface area contributed by atoms with Crippen molar-refractivity contribution in [2.75, 3.05) is 13.2 Å². The standard InChI is InChI=1S/C4H11NO3.CO2/c5-1-3(7)4(8)2-6;2-1-3/h3-4,6-8H,1-2,5H2;/t3-,4-;/m0./s1. The summed E-state index contributed by atoms with van der Waals surface area (Å²) in [7, 11) is 0. The van der Waals surface area contributed by atoms with Crippen LogP contribution < -0.4 is 5.73 Å². The van der Waals surface area contributed by atoms with Crippen LogP contribution in [0.1, 0.15) is 0 Å². The van der Waals surface area contributed by atoms with Gasteiger partial charge in [-0.1, -0.05) is 0 Å². The highest BCUT2D eigenvalue weighted by Crippen LogP contribution is 1.87. The second kappa shape index (κ2) is 9.22. The third-order valence-electron chi connectivity index (χ3n) is 0.873. The maximum atomic E-state index is 8.59. The van der Waals surface area contributed by atoms with E-state index in [-0.39, 0.29) is 12.7 Å². The fourth-order valence-electron chi connectivity index (χ4n) is 0.279. The molecule has 0 aromatic carbocycles. The Hall–Kier alpha value is -0.780. The van der Waals surface area contributed by atoms with Crippen LogP contribution in [-0.4, -0.2) is 46.8 Å². The van der Waals surface area contributed by atoms with Crippen LogP contribution in [0.15, 0.2) is 0 Å². The quantitative estimate of drug-likeness (QED) is 0.355. The van der Waals surface area contributed by atoms with Crippen molar-refractivity contribution >= 4 is 6.15 Å². The summed E-state index contributed by atoms with van der Waals surface area (Å²) in [6, 6.07) is 0. The van der Waals surface area contributed by atoms with Gasteiger partial charge in [-0.25, -0.2) is 0 Å². The molecule has 0 fully saturated rings. The van der Waals surface area contributed by atoms with E-state index in [2.05, 4.69) is 0 Å². The van der Waals surface area contributed by atoms with Gasteiger partial charge in [-0.3, -0.25) is 0 Å². The molecule has 6 heteroatoms. The van der Waals surface area contributed by atoms with E-state index < -0.39 is 18.8 Å². The molecule has 2 atom stereocenters. The minimum Gasteiger partial charge on any atom is -0.394 e. The molecule has 0 aliphatic rings. The number of carbonyl (C=O) groups excluding carboxylic acids is 2. The average molecular weight is 165 g/mol. The van der Waals surface area contributed by atoms with Gasteiger partial charge in [0, 0.05) is 6.54 Å². The molecule has 0 unspecified atom stereocenters. The van der Waals surface area contributed by atoms with Crippen LogP contribution in [0.2, 0.25) is 0 Å². The van der Waals surface area contributed by atoms with E-state index in [0.29, 0.717) is 0 Å². The predicted octanol–water partition coefficient (Wildman–Crippen LogP) is -2.92. The SMILES string of the molecule is NC[C@H](O)[C@@H](O)CO.O=C=O. The Balaban J connectivity index is 0. The second-order valence-electron chi connectivity index (χ2n) is 1.64. The Morgan fingerprint density at radius 1 is 1.27 bits per heavy atom. The minimum absolute atomic E-state index is 0.0261. The molecule has 0 amide bonds. The number of aliphatic hydroxyl groups excluding tert-OH is 3.